The SMILES string of the molecule is C=CC1ON(C)CCc2cc(OC)c(OC)cc21. The highest BCUT2D eigenvalue weighted by Crippen LogP contribution is 2.36. The predicted molar refractivity (Wildman–Crippen MR) is 69.9 cm³/mol. The molecule has 0 spiro atoms. The van der Waals surface area contributed by atoms with Crippen LogP contribution in [0.4, 0.5) is 0 Å². The Morgan fingerprint density at radius 1 is 1.33 bits per heavy atom. The van der Waals surface area contributed by atoms with E-state index in [0.717, 1.165) is 30.0 Å². The monoisotopic (exact) mass is 249 g/mol. The molecule has 0 amide bonds. The Kier molecular flexibility index (Phi) is 3.89. The zero-order valence-electron chi connectivity index (χ0n) is 11.1. The number of rotatable bonds is 3. The molecule has 0 N–H and O–H groups in total. The van der Waals surface area contributed by atoms with E-state index in [1.165, 1.54) is 5.56 Å². The van der Waals surface area contributed by atoms with Gasteiger partial charge in [-0.15, -0.1) is 6.58 Å². The molecule has 0 saturated heterocycles. The molecular weight excluding hydrogens is 230 g/mol. The van der Waals surface area contributed by atoms with Gasteiger partial charge in [0.25, 0.3) is 0 Å². The number of methoxy groups -OCH3 is 2. The van der Waals surface area contributed by atoms with Crippen LogP contribution >= 0.6 is 0 Å². The standard InChI is InChI=1S/C14H19NO3/c1-5-12-11-9-14(17-4)13(16-3)8-10(11)6-7-15(2)18-12/h5,8-9,12H,1,6-7H2,2-4H3. The van der Waals surface area contributed by atoms with Crippen molar-refractivity contribution in [2.75, 3.05) is 27.8 Å². The summed E-state index contributed by atoms with van der Waals surface area (Å²) in [7, 11) is 5.21. The second-order valence-electron chi connectivity index (χ2n) is 4.27. The van der Waals surface area contributed by atoms with Gasteiger partial charge in [0.15, 0.2) is 11.5 Å². The Hall–Kier alpha value is -1.52. The minimum atomic E-state index is -0.146. The van der Waals surface area contributed by atoms with E-state index in [4.69, 9.17) is 14.3 Å². The molecule has 1 aliphatic heterocycles. The molecule has 18 heavy (non-hydrogen) atoms. The molecular formula is C14H19NO3. The van der Waals surface area contributed by atoms with E-state index in [1.54, 1.807) is 20.3 Å². The highest BCUT2D eigenvalue weighted by molar-refractivity contribution is 5.49. The normalized spacial score (nSPS) is 19.8. The average Bonchev–Trinajstić information content (AvgIpc) is 2.56. The van der Waals surface area contributed by atoms with Crippen molar-refractivity contribution in [3.8, 4) is 11.5 Å². The van der Waals surface area contributed by atoms with Crippen molar-refractivity contribution < 1.29 is 14.3 Å². The van der Waals surface area contributed by atoms with E-state index >= 15 is 0 Å². The minimum absolute atomic E-state index is 0.146. The molecule has 4 nitrogen and oxygen atoms in total. The summed E-state index contributed by atoms with van der Waals surface area (Å²) in [5.41, 5.74) is 2.30. The van der Waals surface area contributed by atoms with Gasteiger partial charge in [-0.2, -0.15) is 5.06 Å². The summed E-state index contributed by atoms with van der Waals surface area (Å²) in [6.07, 6.45) is 2.57. The maximum Gasteiger partial charge on any atom is 0.161 e. The Morgan fingerprint density at radius 3 is 2.61 bits per heavy atom. The topological polar surface area (TPSA) is 30.9 Å². The van der Waals surface area contributed by atoms with Gasteiger partial charge in [-0.1, -0.05) is 6.08 Å². The van der Waals surface area contributed by atoms with Gasteiger partial charge in [-0.05, 0) is 29.7 Å². The third-order valence-corrected chi connectivity index (χ3v) is 3.16. The number of likely N-dealkylation sites (N-methyl/N-ethyl adjacent to an activating group) is 1. The third-order valence-electron chi connectivity index (χ3n) is 3.16. The van der Waals surface area contributed by atoms with Gasteiger partial charge in [0, 0.05) is 13.6 Å². The molecule has 0 fully saturated rings. The maximum absolute atomic E-state index is 5.78. The lowest BCUT2D eigenvalue weighted by Crippen LogP contribution is -2.20. The molecule has 1 aliphatic rings. The minimum Gasteiger partial charge on any atom is -0.493 e. The van der Waals surface area contributed by atoms with E-state index in [2.05, 4.69) is 6.58 Å². The quantitative estimate of drug-likeness (QED) is 0.769. The van der Waals surface area contributed by atoms with Crippen LogP contribution < -0.4 is 9.47 Å². The summed E-state index contributed by atoms with van der Waals surface area (Å²) in [5, 5.41) is 1.84. The van der Waals surface area contributed by atoms with E-state index < -0.39 is 0 Å². The van der Waals surface area contributed by atoms with Crippen LogP contribution in [0, 0.1) is 0 Å². The summed E-state index contributed by atoms with van der Waals surface area (Å²) in [4.78, 5) is 5.78. The van der Waals surface area contributed by atoms with Crippen LogP contribution in [0.3, 0.4) is 0 Å². The van der Waals surface area contributed by atoms with Crippen LogP contribution in [-0.4, -0.2) is 32.9 Å². The van der Waals surface area contributed by atoms with Crippen LogP contribution in [0.2, 0.25) is 0 Å². The molecule has 98 valence electrons. The Labute approximate surface area is 108 Å². The Bertz CT molecular complexity index is 445. The smallest absolute Gasteiger partial charge is 0.161 e. The van der Waals surface area contributed by atoms with Gasteiger partial charge in [0.2, 0.25) is 0 Å². The van der Waals surface area contributed by atoms with Crippen LogP contribution in [0.1, 0.15) is 17.2 Å². The van der Waals surface area contributed by atoms with Crippen molar-refractivity contribution in [2.24, 2.45) is 0 Å². The molecule has 1 aromatic rings. The van der Waals surface area contributed by atoms with Crippen molar-refractivity contribution in [2.45, 2.75) is 12.5 Å². The van der Waals surface area contributed by atoms with Crippen LogP contribution in [-0.2, 0) is 11.3 Å². The second-order valence-corrected chi connectivity index (χ2v) is 4.27. The third kappa shape index (κ3) is 2.35. The lowest BCUT2D eigenvalue weighted by atomic mass is 9.99. The van der Waals surface area contributed by atoms with Crippen LogP contribution in [0.15, 0.2) is 24.8 Å². The first-order chi connectivity index (χ1) is 8.69. The van der Waals surface area contributed by atoms with Gasteiger partial charge in [0.05, 0.1) is 14.2 Å². The number of hydrogen-bond donors (Lipinski definition) is 0. The van der Waals surface area contributed by atoms with Crippen molar-refractivity contribution in [1.29, 1.82) is 0 Å². The lowest BCUT2D eigenvalue weighted by Gasteiger charge is -2.19. The Balaban J connectivity index is 2.49. The van der Waals surface area contributed by atoms with Gasteiger partial charge >= 0.3 is 0 Å². The number of nitrogens with zero attached hydrogens (tertiary/aromatic N) is 1. The first-order valence-electron chi connectivity index (χ1n) is 5.94. The summed E-state index contributed by atoms with van der Waals surface area (Å²) in [5.74, 6) is 1.47. The second kappa shape index (κ2) is 5.42. The van der Waals surface area contributed by atoms with Crippen LogP contribution in [0.5, 0.6) is 11.5 Å². The molecule has 4 heteroatoms. The van der Waals surface area contributed by atoms with Crippen molar-refractivity contribution in [1.82, 2.24) is 5.06 Å². The average molecular weight is 249 g/mol. The van der Waals surface area contributed by atoms with E-state index in [1.807, 2.05) is 24.2 Å². The molecule has 0 bridgehead atoms. The number of hydroxylamine groups is 2. The molecule has 0 radical (unpaired) electrons. The van der Waals surface area contributed by atoms with E-state index in [0.29, 0.717) is 0 Å². The summed E-state index contributed by atoms with van der Waals surface area (Å²) in [6, 6.07) is 3.99. The maximum atomic E-state index is 5.78. The summed E-state index contributed by atoms with van der Waals surface area (Å²) >= 11 is 0. The van der Waals surface area contributed by atoms with E-state index in [-0.39, 0.29) is 6.10 Å². The number of benzene rings is 1. The zero-order valence-corrected chi connectivity index (χ0v) is 11.1. The van der Waals surface area contributed by atoms with Gasteiger partial charge < -0.3 is 9.47 Å². The predicted octanol–water partition coefficient (Wildman–Crippen LogP) is 2.35. The Morgan fingerprint density at radius 2 is 2.00 bits per heavy atom. The fourth-order valence-electron chi connectivity index (χ4n) is 2.17. The molecule has 1 unspecified atom stereocenters. The number of fused-ring (bicyclic) bond motifs is 1. The fraction of sp³-hybridized carbons (Fsp3) is 0.429. The molecule has 0 saturated carbocycles. The lowest BCUT2D eigenvalue weighted by molar-refractivity contribution is -0.163. The highest BCUT2D eigenvalue weighted by atomic mass is 16.7. The first-order valence-corrected chi connectivity index (χ1v) is 5.94. The van der Waals surface area contributed by atoms with Gasteiger partial charge in [-0.25, -0.2) is 0 Å². The van der Waals surface area contributed by atoms with Crippen LogP contribution in [0.25, 0.3) is 0 Å². The van der Waals surface area contributed by atoms with E-state index in [9.17, 15) is 0 Å². The van der Waals surface area contributed by atoms with Crippen molar-refractivity contribution in [3.05, 3.63) is 35.9 Å². The van der Waals surface area contributed by atoms with Crippen molar-refractivity contribution >= 4 is 0 Å². The van der Waals surface area contributed by atoms with Gasteiger partial charge in [-0.3, -0.25) is 4.84 Å². The molecule has 0 aromatic heterocycles. The largest absolute Gasteiger partial charge is 0.493 e. The first kappa shape index (κ1) is 12.9. The van der Waals surface area contributed by atoms with Gasteiger partial charge in [0.1, 0.15) is 6.10 Å². The number of hydrogen-bond acceptors (Lipinski definition) is 4. The highest BCUT2D eigenvalue weighted by Gasteiger charge is 2.22. The summed E-state index contributed by atoms with van der Waals surface area (Å²) < 4.78 is 10.7. The summed E-state index contributed by atoms with van der Waals surface area (Å²) in [6.45, 7) is 4.67. The fourth-order valence-corrected chi connectivity index (χ4v) is 2.17. The molecule has 1 heterocycles. The number of ether oxygens (including phenoxy) is 2. The molecule has 1 atom stereocenters. The molecule has 2 rings (SSSR count). The molecule has 1 aromatic carbocycles. The zero-order chi connectivity index (χ0) is 13.1. The molecule has 0 aliphatic carbocycles. The van der Waals surface area contributed by atoms with Crippen molar-refractivity contribution in [3.63, 3.8) is 0 Å².